The summed E-state index contributed by atoms with van der Waals surface area (Å²) in [4.78, 5) is 12.0. The molecule has 0 radical (unpaired) electrons. The molecule has 0 bridgehead atoms. The van der Waals surface area contributed by atoms with E-state index in [9.17, 15) is 4.79 Å². The van der Waals surface area contributed by atoms with E-state index in [0.29, 0.717) is 30.5 Å². The third-order valence-electron chi connectivity index (χ3n) is 5.36. The lowest BCUT2D eigenvalue weighted by Gasteiger charge is -2.22. The molecule has 0 unspecified atom stereocenters. The molecule has 4 heteroatoms. The van der Waals surface area contributed by atoms with Crippen LogP contribution < -0.4 is 10.6 Å². The number of ether oxygens (including phenoxy) is 1. The van der Waals surface area contributed by atoms with Crippen LogP contribution in [0.25, 0.3) is 0 Å². The van der Waals surface area contributed by atoms with Gasteiger partial charge >= 0.3 is 6.03 Å². The topological polar surface area (TPSA) is 50.4 Å². The van der Waals surface area contributed by atoms with Gasteiger partial charge in [-0.15, -0.1) is 0 Å². The molecule has 0 spiro atoms. The van der Waals surface area contributed by atoms with Gasteiger partial charge in [0, 0.05) is 25.1 Å². The van der Waals surface area contributed by atoms with E-state index in [1.165, 1.54) is 24.0 Å². The molecule has 2 N–H and O–H groups in total. The Bertz CT molecular complexity index is 554. The first-order valence-electron chi connectivity index (χ1n) is 8.57. The molecule has 2 fully saturated rings. The maximum Gasteiger partial charge on any atom is 0.315 e. The molecule has 1 aliphatic heterocycles. The van der Waals surface area contributed by atoms with Gasteiger partial charge in [-0.3, -0.25) is 0 Å². The molecule has 2 aliphatic carbocycles. The minimum atomic E-state index is -0.0207. The van der Waals surface area contributed by atoms with E-state index < -0.39 is 0 Å². The zero-order chi connectivity index (χ0) is 14.9. The molecule has 1 saturated carbocycles. The van der Waals surface area contributed by atoms with Gasteiger partial charge in [-0.25, -0.2) is 4.79 Å². The summed E-state index contributed by atoms with van der Waals surface area (Å²) in [5, 5.41) is 6.13. The summed E-state index contributed by atoms with van der Waals surface area (Å²) in [7, 11) is 0. The van der Waals surface area contributed by atoms with Gasteiger partial charge in [0.25, 0.3) is 0 Å². The fraction of sp³-hybridized carbons (Fsp3) is 0.611. The van der Waals surface area contributed by atoms with E-state index in [4.69, 9.17) is 4.74 Å². The summed E-state index contributed by atoms with van der Waals surface area (Å²) in [6, 6.07) is 8.93. The lowest BCUT2D eigenvalue weighted by atomic mass is 10.1. The summed E-state index contributed by atoms with van der Waals surface area (Å²) in [6.45, 7) is 1.58. The lowest BCUT2D eigenvalue weighted by molar-refractivity contribution is 0.0120. The van der Waals surface area contributed by atoms with Crippen molar-refractivity contribution in [2.75, 3.05) is 13.2 Å². The molecule has 118 valence electrons. The zero-order valence-electron chi connectivity index (χ0n) is 12.9. The van der Waals surface area contributed by atoms with Crippen molar-refractivity contribution in [1.29, 1.82) is 0 Å². The lowest BCUT2D eigenvalue weighted by Crippen LogP contribution is -2.39. The Kier molecular flexibility index (Phi) is 3.78. The van der Waals surface area contributed by atoms with E-state index in [1.807, 2.05) is 0 Å². The van der Waals surface area contributed by atoms with Crippen molar-refractivity contribution >= 4 is 6.03 Å². The number of carbonyl (C=O) groups excluding carboxylic acids is 1. The monoisotopic (exact) mass is 300 g/mol. The Labute approximate surface area is 131 Å². The van der Waals surface area contributed by atoms with Gasteiger partial charge in [0.05, 0.1) is 6.10 Å². The number of amides is 2. The minimum Gasteiger partial charge on any atom is -0.378 e. The summed E-state index contributed by atoms with van der Waals surface area (Å²) >= 11 is 0. The first kappa shape index (κ1) is 14.1. The predicted octanol–water partition coefficient (Wildman–Crippen LogP) is 2.58. The van der Waals surface area contributed by atoms with E-state index >= 15 is 0 Å². The fourth-order valence-corrected chi connectivity index (χ4v) is 4.13. The second-order valence-corrected chi connectivity index (χ2v) is 6.80. The molecule has 1 saturated heterocycles. The molecular formula is C18H24N2O2. The Morgan fingerprint density at radius 2 is 2.18 bits per heavy atom. The number of rotatable bonds is 4. The number of hydrogen-bond acceptors (Lipinski definition) is 2. The summed E-state index contributed by atoms with van der Waals surface area (Å²) < 4.78 is 5.68. The standard InChI is InChI=1S/C18H24N2O2/c21-18(19-9-8-13-6-3-4-10-22-13)20-17-15-11-12-5-1-2-7-14(12)16(15)17/h1-2,5,7,13,15-17H,3-4,6,8-11H2,(H2,19,20,21)/t13-,15+,16-,17+/m0/s1. The highest BCUT2D eigenvalue weighted by Gasteiger charge is 2.56. The maximum absolute atomic E-state index is 12.0. The maximum atomic E-state index is 12.0. The van der Waals surface area contributed by atoms with Gasteiger partial charge in [0.2, 0.25) is 0 Å². The van der Waals surface area contributed by atoms with Gasteiger partial charge in [0.1, 0.15) is 0 Å². The van der Waals surface area contributed by atoms with Gasteiger partial charge in [-0.1, -0.05) is 24.3 Å². The van der Waals surface area contributed by atoms with E-state index in [2.05, 4.69) is 34.9 Å². The molecule has 4 rings (SSSR count). The van der Waals surface area contributed by atoms with E-state index in [0.717, 1.165) is 25.9 Å². The summed E-state index contributed by atoms with van der Waals surface area (Å²) in [5.74, 6) is 1.16. The molecular weight excluding hydrogens is 276 g/mol. The van der Waals surface area contributed by atoms with Gasteiger partial charge in [-0.2, -0.15) is 0 Å². The summed E-state index contributed by atoms with van der Waals surface area (Å²) in [5.41, 5.74) is 2.90. The van der Waals surface area contributed by atoms with Crippen LogP contribution >= 0.6 is 0 Å². The van der Waals surface area contributed by atoms with Crippen LogP contribution in [-0.2, 0) is 11.2 Å². The number of benzene rings is 1. The quantitative estimate of drug-likeness (QED) is 0.898. The molecule has 3 aliphatic rings. The first-order valence-corrected chi connectivity index (χ1v) is 8.57. The van der Waals surface area contributed by atoms with Crippen LogP contribution in [-0.4, -0.2) is 31.3 Å². The molecule has 1 heterocycles. The number of carbonyl (C=O) groups is 1. The normalized spacial score (nSPS) is 32.0. The van der Waals surface area contributed by atoms with Crippen molar-refractivity contribution in [2.45, 2.75) is 50.2 Å². The van der Waals surface area contributed by atoms with Crippen molar-refractivity contribution in [3.63, 3.8) is 0 Å². The van der Waals surface area contributed by atoms with Crippen LogP contribution in [0.3, 0.4) is 0 Å². The van der Waals surface area contributed by atoms with Crippen LogP contribution in [0.15, 0.2) is 24.3 Å². The van der Waals surface area contributed by atoms with Gasteiger partial charge < -0.3 is 15.4 Å². The fourth-order valence-electron chi connectivity index (χ4n) is 4.13. The third-order valence-corrected chi connectivity index (χ3v) is 5.36. The Balaban J connectivity index is 1.20. The first-order chi connectivity index (χ1) is 10.8. The van der Waals surface area contributed by atoms with Crippen LogP contribution in [0, 0.1) is 5.92 Å². The second-order valence-electron chi connectivity index (χ2n) is 6.80. The average Bonchev–Trinajstić information content (AvgIpc) is 3.05. The van der Waals surface area contributed by atoms with Crippen LogP contribution in [0.1, 0.15) is 42.7 Å². The third kappa shape index (κ3) is 2.72. The molecule has 1 aromatic carbocycles. The zero-order valence-corrected chi connectivity index (χ0v) is 12.9. The highest BCUT2D eigenvalue weighted by molar-refractivity contribution is 5.75. The number of nitrogens with one attached hydrogen (secondary N) is 2. The number of fused-ring (bicyclic) bond motifs is 3. The van der Waals surface area contributed by atoms with Crippen molar-refractivity contribution in [1.82, 2.24) is 10.6 Å². The van der Waals surface area contributed by atoms with Crippen LogP contribution in [0.2, 0.25) is 0 Å². The van der Waals surface area contributed by atoms with Gasteiger partial charge in [0.15, 0.2) is 0 Å². The van der Waals surface area contributed by atoms with Crippen LogP contribution in [0.4, 0.5) is 4.79 Å². The predicted molar refractivity (Wildman–Crippen MR) is 84.9 cm³/mol. The van der Waals surface area contributed by atoms with Crippen molar-refractivity contribution in [3.8, 4) is 0 Å². The van der Waals surface area contributed by atoms with Crippen molar-refractivity contribution in [2.24, 2.45) is 5.92 Å². The average molecular weight is 300 g/mol. The highest BCUT2D eigenvalue weighted by Crippen LogP contribution is 2.56. The molecule has 4 atom stereocenters. The summed E-state index contributed by atoms with van der Waals surface area (Å²) in [6.07, 6.45) is 5.93. The molecule has 2 amide bonds. The minimum absolute atomic E-state index is 0.0207. The molecule has 22 heavy (non-hydrogen) atoms. The molecule has 1 aromatic rings. The smallest absolute Gasteiger partial charge is 0.315 e. The van der Waals surface area contributed by atoms with Crippen molar-refractivity contribution < 1.29 is 9.53 Å². The van der Waals surface area contributed by atoms with Gasteiger partial charge in [-0.05, 0) is 49.1 Å². The van der Waals surface area contributed by atoms with E-state index in [-0.39, 0.29) is 6.03 Å². The molecule has 4 nitrogen and oxygen atoms in total. The Hall–Kier alpha value is -1.55. The molecule has 0 aromatic heterocycles. The Morgan fingerprint density at radius 3 is 3.05 bits per heavy atom. The van der Waals surface area contributed by atoms with Crippen LogP contribution in [0.5, 0.6) is 0 Å². The second kappa shape index (κ2) is 5.92. The van der Waals surface area contributed by atoms with E-state index in [1.54, 1.807) is 0 Å². The Morgan fingerprint density at radius 1 is 1.27 bits per heavy atom. The van der Waals surface area contributed by atoms with Crippen molar-refractivity contribution in [3.05, 3.63) is 35.4 Å². The highest BCUT2D eigenvalue weighted by atomic mass is 16.5. The SMILES string of the molecule is O=C(NCC[C@@H]1CCCCO1)N[C@@H]1[C@@H]2Cc3ccccc3[C@@H]21. The number of hydrogen-bond donors (Lipinski definition) is 2. The largest absolute Gasteiger partial charge is 0.378 e. The number of urea groups is 1.